The van der Waals surface area contributed by atoms with E-state index in [1.54, 1.807) is 0 Å². The summed E-state index contributed by atoms with van der Waals surface area (Å²) in [6.45, 7) is 6.00. The van der Waals surface area contributed by atoms with E-state index in [2.05, 4.69) is 13.5 Å². The van der Waals surface area contributed by atoms with Crippen LogP contribution in [-0.2, 0) is 4.79 Å². The summed E-state index contributed by atoms with van der Waals surface area (Å²) in [5, 5.41) is 0. The summed E-state index contributed by atoms with van der Waals surface area (Å²) in [5.41, 5.74) is 0. The fourth-order valence-electron chi connectivity index (χ4n) is 2.06. The van der Waals surface area contributed by atoms with E-state index in [-0.39, 0.29) is 0 Å². The SMILES string of the molecule is C=CC(C)C1CCCC(C=O)C1. The zero-order chi connectivity index (χ0) is 8.97. The third-order valence-corrected chi connectivity index (χ3v) is 3.06. The van der Waals surface area contributed by atoms with Crippen molar-refractivity contribution in [3.8, 4) is 0 Å². The van der Waals surface area contributed by atoms with Gasteiger partial charge in [0.05, 0.1) is 0 Å². The number of carbonyl (C=O) groups excluding carboxylic acids is 1. The molecule has 0 spiro atoms. The van der Waals surface area contributed by atoms with Gasteiger partial charge < -0.3 is 4.79 Å². The number of hydrogen-bond acceptors (Lipinski definition) is 1. The fraction of sp³-hybridized carbons (Fsp3) is 0.727. The Hall–Kier alpha value is -0.590. The van der Waals surface area contributed by atoms with Crippen LogP contribution < -0.4 is 0 Å². The predicted molar refractivity (Wildman–Crippen MR) is 50.9 cm³/mol. The van der Waals surface area contributed by atoms with Gasteiger partial charge in [0.25, 0.3) is 0 Å². The van der Waals surface area contributed by atoms with Gasteiger partial charge in [0.2, 0.25) is 0 Å². The van der Waals surface area contributed by atoms with Gasteiger partial charge in [-0.3, -0.25) is 0 Å². The van der Waals surface area contributed by atoms with Crippen LogP contribution >= 0.6 is 0 Å². The van der Waals surface area contributed by atoms with Crippen LogP contribution in [0.3, 0.4) is 0 Å². The molecule has 0 saturated heterocycles. The van der Waals surface area contributed by atoms with Crippen LogP contribution in [0.1, 0.15) is 32.6 Å². The molecular formula is C11H18O. The molecular weight excluding hydrogens is 148 g/mol. The van der Waals surface area contributed by atoms with Crippen LogP contribution in [0.15, 0.2) is 12.7 Å². The lowest BCUT2D eigenvalue weighted by Gasteiger charge is -2.28. The predicted octanol–water partition coefficient (Wildman–Crippen LogP) is 2.81. The molecule has 0 aliphatic heterocycles. The number of hydrogen-bond donors (Lipinski definition) is 0. The molecule has 0 amide bonds. The summed E-state index contributed by atoms with van der Waals surface area (Å²) in [7, 11) is 0. The molecule has 1 aliphatic carbocycles. The highest BCUT2D eigenvalue weighted by Gasteiger charge is 2.23. The van der Waals surface area contributed by atoms with Gasteiger partial charge in [-0.25, -0.2) is 0 Å². The van der Waals surface area contributed by atoms with Crippen LogP contribution in [-0.4, -0.2) is 6.29 Å². The maximum atomic E-state index is 10.6. The Morgan fingerprint density at radius 1 is 1.50 bits per heavy atom. The van der Waals surface area contributed by atoms with Crippen LogP contribution in [0.5, 0.6) is 0 Å². The number of aldehydes is 1. The van der Waals surface area contributed by atoms with E-state index in [1.807, 2.05) is 6.08 Å². The molecule has 0 aromatic heterocycles. The van der Waals surface area contributed by atoms with Crippen molar-refractivity contribution < 1.29 is 4.79 Å². The summed E-state index contributed by atoms with van der Waals surface area (Å²) in [5.74, 6) is 1.60. The van der Waals surface area contributed by atoms with Gasteiger partial charge in [0, 0.05) is 5.92 Å². The number of rotatable bonds is 3. The van der Waals surface area contributed by atoms with Gasteiger partial charge in [0.15, 0.2) is 0 Å². The first-order chi connectivity index (χ1) is 5.77. The van der Waals surface area contributed by atoms with Crippen molar-refractivity contribution in [2.75, 3.05) is 0 Å². The standard InChI is InChI=1S/C11H18O/c1-3-9(2)11-6-4-5-10(7-11)8-12/h3,8-11H,1,4-7H2,2H3. The van der Waals surface area contributed by atoms with Crippen molar-refractivity contribution in [1.82, 2.24) is 0 Å². The van der Waals surface area contributed by atoms with Crippen LogP contribution in [0.2, 0.25) is 0 Å². The molecule has 1 fully saturated rings. The fourth-order valence-corrected chi connectivity index (χ4v) is 2.06. The summed E-state index contributed by atoms with van der Waals surface area (Å²) in [6, 6.07) is 0. The number of carbonyl (C=O) groups is 1. The molecule has 1 nitrogen and oxygen atoms in total. The Balaban J connectivity index is 2.44. The summed E-state index contributed by atoms with van der Waals surface area (Å²) >= 11 is 0. The second kappa shape index (κ2) is 4.44. The average Bonchev–Trinajstić information content (AvgIpc) is 2.17. The van der Waals surface area contributed by atoms with Gasteiger partial charge in [-0.05, 0) is 31.1 Å². The van der Waals surface area contributed by atoms with Gasteiger partial charge in [-0.15, -0.1) is 6.58 Å². The molecule has 3 unspecified atom stereocenters. The Labute approximate surface area is 74.9 Å². The first-order valence-corrected chi connectivity index (χ1v) is 4.85. The zero-order valence-corrected chi connectivity index (χ0v) is 7.83. The van der Waals surface area contributed by atoms with E-state index in [0.717, 1.165) is 19.1 Å². The monoisotopic (exact) mass is 166 g/mol. The normalized spacial score (nSPS) is 32.4. The molecule has 12 heavy (non-hydrogen) atoms. The Morgan fingerprint density at radius 2 is 2.25 bits per heavy atom. The largest absolute Gasteiger partial charge is 0.303 e. The van der Waals surface area contributed by atoms with Crippen LogP contribution in [0, 0.1) is 17.8 Å². The highest BCUT2D eigenvalue weighted by atomic mass is 16.1. The van der Waals surface area contributed by atoms with Gasteiger partial charge >= 0.3 is 0 Å². The van der Waals surface area contributed by atoms with Gasteiger partial charge in [-0.2, -0.15) is 0 Å². The van der Waals surface area contributed by atoms with Crippen molar-refractivity contribution in [3.05, 3.63) is 12.7 Å². The Kier molecular flexibility index (Phi) is 3.51. The van der Waals surface area contributed by atoms with Crippen LogP contribution in [0.25, 0.3) is 0 Å². The average molecular weight is 166 g/mol. The summed E-state index contributed by atoms with van der Waals surface area (Å²) in [6.07, 6.45) is 7.81. The van der Waals surface area contributed by atoms with E-state index in [9.17, 15) is 4.79 Å². The van der Waals surface area contributed by atoms with Crippen molar-refractivity contribution in [3.63, 3.8) is 0 Å². The lowest BCUT2D eigenvalue weighted by Crippen LogP contribution is -2.20. The highest BCUT2D eigenvalue weighted by molar-refractivity contribution is 5.53. The topological polar surface area (TPSA) is 17.1 Å². The van der Waals surface area contributed by atoms with E-state index >= 15 is 0 Å². The molecule has 0 aromatic rings. The molecule has 3 atom stereocenters. The first kappa shape index (κ1) is 9.50. The molecule has 0 N–H and O–H groups in total. The highest BCUT2D eigenvalue weighted by Crippen LogP contribution is 2.33. The van der Waals surface area contributed by atoms with E-state index < -0.39 is 0 Å². The lowest BCUT2D eigenvalue weighted by molar-refractivity contribution is -0.112. The quantitative estimate of drug-likeness (QED) is 0.465. The minimum absolute atomic E-state index is 0.325. The van der Waals surface area contributed by atoms with Gasteiger partial charge in [-0.1, -0.05) is 19.4 Å². The molecule has 0 bridgehead atoms. The molecule has 1 heteroatoms. The zero-order valence-electron chi connectivity index (χ0n) is 7.83. The molecule has 1 saturated carbocycles. The molecule has 1 aliphatic rings. The molecule has 0 aromatic carbocycles. The molecule has 0 heterocycles. The summed E-state index contributed by atoms with van der Waals surface area (Å²) < 4.78 is 0. The number of allylic oxidation sites excluding steroid dienone is 1. The lowest BCUT2D eigenvalue weighted by atomic mass is 9.76. The molecule has 0 radical (unpaired) electrons. The van der Waals surface area contributed by atoms with Crippen molar-refractivity contribution in [2.45, 2.75) is 32.6 Å². The third-order valence-electron chi connectivity index (χ3n) is 3.06. The minimum atomic E-state index is 0.325. The van der Waals surface area contributed by atoms with Crippen molar-refractivity contribution in [1.29, 1.82) is 0 Å². The Bertz CT molecular complexity index is 156. The first-order valence-electron chi connectivity index (χ1n) is 4.85. The molecule has 1 rings (SSSR count). The van der Waals surface area contributed by atoms with Crippen molar-refractivity contribution >= 4 is 6.29 Å². The summed E-state index contributed by atoms with van der Waals surface area (Å²) in [4.78, 5) is 10.6. The van der Waals surface area contributed by atoms with Crippen LogP contribution in [0.4, 0.5) is 0 Å². The third kappa shape index (κ3) is 2.20. The van der Waals surface area contributed by atoms with E-state index in [0.29, 0.717) is 17.8 Å². The second-order valence-electron chi connectivity index (χ2n) is 3.92. The minimum Gasteiger partial charge on any atom is -0.303 e. The maximum absolute atomic E-state index is 10.6. The van der Waals surface area contributed by atoms with E-state index in [4.69, 9.17) is 0 Å². The van der Waals surface area contributed by atoms with Crippen molar-refractivity contribution in [2.24, 2.45) is 17.8 Å². The Morgan fingerprint density at radius 3 is 2.83 bits per heavy atom. The smallest absolute Gasteiger partial charge is 0.123 e. The van der Waals surface area contributed by atoms with E-state index in [1.165, 1.54) is 12.8 Å². The molecule has 68 valence electrons. The maximum Gasteiger partial charge on any atom is 0.123 e. The van der Waals surface area contributed by atoms with Gasteiger partial charge in [0.1, 0.15) is 6.29 Å². The second-order valence-corrected chi connectivity index (χ2v) is 3.92.